The van der Waals surface area contributed by atoms with Crippen molar-refractivity contribution in [2.24, 2.45) is 10.9 Å². The molecule has 1 rings (SSSR count). The Morgan fingerprint density at radius 1 is 1.23 bits per heavy atom. The number of hydrogen-bond acceptors (Lipinski definition) is 3. The molecular formula is C16H35IN4O. The summed E-state index contributed by atoms with van der Waals surface area (Å²) in [5.41, 5.74) is 0. The van der Waals surface area contributed by atoms with E-state index in [1.165, 1.54) is 45.3 Å². The van der Waals surface area contributed by atoms with Crippen LogP contribution in [0.4, 0.5) is 0 Å². The highest BCUT2D eigenvalue weighted by Crippen LogP contribution is 2.15. The molecular weight excluding hydrogens is 391 g/mol. The first-order valence-electron chi connectivity index (χ1n) is 8.42. The Labute approximate surface area is 153 Å². The van der Waals surface area contributed by atoms with Crippen LogP contribution in [-0.4, -0.2) is 64.3 Å². The zero-order valence-corrected chi connectivity index (χ0v) is 16.9. The van der Waals surface area contributed by atoms with Crippen LogP contribution in [0.3, 0.4) is 0 Å². The van der Waals surface area contributed by atoms with Crippen molar-refractivity contribution >= 4 is 29.9 Å². The molecule has 0 aromatic carbocycles. The highest BCUT2D eigenvalue weighted by atomic mass is 127. The molecule has 1 atom stereocenters. The van der Waals surface area contributed by atoms with Gasteiger partial charge in [-0.1, -0.05) is 6.92 Å². The maximum absolute atomic E-state index is 5.03. The van der Waals surface area contributed by atoms with E-state index < -0.39 is 0 Å². The number of aliphatic imine (C=N–C) groups is 1. The Morgan fingerprint density at radius 3 is 2.59 bits per heavy atom. The van der Waals surface area contributed by atoms with E-state index in [1.54, 1.807) is 7.11 Å². The van der Waals surface area contributed by atoms with Gasteiger partial charge in [-0.05, 0) is 51.1 Å². The molecule has 1 saturated heterocycles. The lowest BCUT2D eigenvalue weighted by Crippen LogP contribution is -2.39. The van der Waals surface area contributed by atoms with Gasteiger partial charge in [0.1, 0.15) is 0 Å². The van der Waals surface area contributed by atoms with Crippen LogP contribution in [0.5, 0.6) is 0 Å². The summed E-state index contributed by atoms with van der Waals surface area (Å²) < 4.78 is 5.03. The minimum atomic E-state index is 0. The van der Waals surface area contributed by atoms with Crippen LogP contribution < -0.4 is 10.6 Å². The molecule has 6 heteroatoms. The van der Waals surface area contributed by atoms with Gasteiger partial charge in [0, 0.05) is 40.4 Å². The number of guanidine groups is 1. The molecule has 132 valence electrons. The third-order valence-electron chi connectivity index (χ3n) is 3.98. The van der Waals surface area contributed by atoms with Gasteiger partial charge in [0.15, 0.2) is 5.96 Å². The van der Waals surface area contributed by atoms with Crippen molar-refractivity contribution in [3.05, 3.63) is 0 Å². The Hall–Kier alpha value is -0.0800. The van der Waals surface area contributed by atoms with Gasteiger partial charge >= 0.3 is 0 Å². The number of ether oxygens (including phenoxy) is 1. The third kappa shape index (κ3) is 10.6. The van der Waals surface area contributed by atoms with E-state index in [1.807, 2.05) is 7.05 Å². The zero-order chi connectivity index (χ0) is 15.3. The summed E-state index contributed by atoms with van der Waals surface area (Å²) in [5.74, 6) is 1.78. The van der Waals surface area contributed by atoms with Crippen molar-refractivity contribution in [3.8, 4) is 0 Å². The highest BCUT2D eigenvalue weighted by Gasteiger charge is 2.15. The fraction of sp³-hybridized carbons (Fsp3) is 0.938. The van der Waals surface area contributed by atoms with E-state index in [-0.39, 0.29) is 24.0 Å². The summed E-state index contributed by atoms with van der Waals surface area (Å²) in [4.78, 5) is 6.84. The predicted molar refractivity (Wildman–Crippen MR) is 105 cm³/mol. The van der Waals surface area contributed by atoms with Crippen molar-refractivity contribution in [1.82, 2.24) is 15.5 Å². The number of methoxy groups -OCH3 is 1. The lowest BCUT2D eigenvalue weighted by Gasteiger charge is -2.30. The number of unbranched alkanes of at least 4 members (excludes halogenated alkanes) is 1. The fourth-order valence-corrected chi connectivity index (χ4v) is 2.80. The SMILES string of the molecule is CN=C(NCCCCN1CCCC(C)C1)NCCCOC.I. The quantitative estimate of drug-likeness (QED) is 0.257. The summed E-state index contributed by atoms with van der Waals surface area (Å²) in [7, 11) is 3.55. The van der Waals surface area contributed by atoms with Crippen molar-refractivity contribution < 1.29 is 4.74 Å². The van der Waals surface area contributed by atoms with Gasteiger partial charge < -0.3 is 20.3 Å². The summed E-state index contributed by atoms with van der Waals surface area (Å²) in [6.07, 6.45) is 6.24. The average Bonchev–Trinajstić information content (AvgIpc) is 2.49. The van der Waals surface area contributed by atoms with Crippen LogP contribution in [0.15, 0.2) is 4.99 Å². The van der Waals surface area contributed by atoms with Crippen molar-refractivity contribution in [1.29, 1.82) is 0 Å². The molecule has 5 nitrogen and oxygen atoms in total. The summed E-state index contributed by atoms with van der Waals surface area (Å²) in [5, 5.41) is 6.67. The van der Waals surface area contributed by atoms with Gasteiger partial charge in [0.25, 0.3) is 0 Å². The van der Waals surface area contributed by atoms with Crippen LogP contribution in [0, 0.1) is 5.92 Å². The third-order valence-corrected chi connectivity index (χ3v) is 3.98. The molecule has 1 aliphatic rings. The van der Waals surface area contributed by atoms with Crippen molar-refractivity contribution in [2.75, 3.05) is 53.5 Å². The molecule has 0 saturated carbocycles. The van der Waals surface area contributed by atoms with Gasteiger partial charge in [0.05, 0.1) is 0 Å². The number of hydrogen-bond donors (Lipinski definition) is 2. The van der Waals surface area contributed by atoms with Crippen molar-refractivity contribution in [2.45, 2.75) is 39.0 Å². The largest absolute Gasteiger partial charge is 0.385 e. The van der Waals surface area contributed by atoms with E-state index in [0.29, 0.717) is 0 Å². The number of likely N-dealkylation sites (tertiary alicyclic amines) is 1. The first kappa shape index (κ1) is 21.9. The van der Waals surface area contributed by atoms with E-state index in [2.05, 4.69) is 27.4 Å². The maximum Gasteiger partial charge on any atom is 0.190 e. The second kappa shape index (κ2) is 14.5. The van der Waals surface area contributed by atoms with Crippen LogP contribution in [0.2, 0.25) is 0 Å². The summed E-state index contributed by atoms with van der Waals surface area (Å²) >= 11 is 0. The van der Waals surface area contributed by atoms with E-state index in [9.17, 15) is 0 Å². The molecule has 0 amide bonds. The second-order valence-corrected chi connectivity index (χ2v) is 6.03. The number of piperidine rings is 1. The molecule has 1 fully saturated rings. The van der Waals surface area contributed by atoms with Crippen molar-refractivity contribution in [3.63, 3.8) is 0 Å². The molecule has 22 heavy (non-hydrogen) atoms. The number of rotatable bonds is 9. The van der Waals surface area contributed by atoms with Gasteiger partial charge in [0.2, 0.25) is 0 Å². The van der Waals surface area contributed by atoms with E-state index >= 15 is 0 Å². The van der Waals surface area contributed by atoms with Crippen LogP contribution in [-0.2, 0) is 4.74 Å². The molecule has 0 aliphatic carbocycles. The minimum Gasteiger partial charge on any atom is -0.385 e. The molecule has 0 aromatic rings. The lowest BCUT2D eigenvalue weighted by atomic mass is 10.0. The fourth-order valence-electron chi connectivity index (χ4n) is 2.80. The zero-order valence-electron chi connectivity index (χ0n) is 14.6. The summed E-state index contributed by atoms with van der Waals surface area (Å²) in [6.45, 7) is 8.88. The summed E-state index contributed by atoms with van der Waals surface area (Å²) in [6, 6.07) is 0. The van der Waals surface area contributed by atoms with Gasteiger partial charge in [-0.25, -0.2) is 0 Å². The first-order valence-corrected chi connectivity index (χ1v) is 8.42. The molecule has 1 aliphatic heterocycles. The Balaban J connectivity index is 0.00000441. The Kier molecular flexibility index (Phi) is 14.5. The van der Waals surface area contributed by atoms with E-state index in [0.717, 1.165) is 38.0 Å². The molecule has 0 bridgehead atoms. The van der Waals surface area contributed by atoms with Gasteiger partial charge in [-0.15, -0.1) is 24.0 Å². The topological polar surface area (TPSA) is 48.9 Å². The molecule has 0 radical (unpaired) electrons. The van der Waals surface area contributed by atoms with Crippen LogP contribution >= 0.6 is 24.0 Å². The van der Waals surface area contributed by atoms with Gasteiger partial charge in [-0.3, -0.25) is 4.99 Å². The normalized spacial score (nSPS) is 19.6. The lowest BCUT2D eigenvalue weighted by molar-refractivity contribution is 0.181. The van der Waals surface area contributed by atoms with Gasteiger partial charge in [-0.2, -0.15) is 0 Å². The monoisotopic (exact) mass is 426 g/mol. The molecule has 2 N–H and O–H groups in total. The average molecular weight is 426 g/mol. The number of halogens is 1. The van der Waals surface area contributed by atoms with E-state index in [4.69, 9.17) is 4.74 Å². The predicted octanol–water partition coefficient (Wildman–Crippen LogP) is 2.32. The molecule has 1 unspecified atom stereocenters. The number of nitrogens with zero attached hydrogens (tertiary/aromatic N) is 2. The molecule has 0 aromatic heterocycles. The Bertz CT molecular complexity index is 289. The molecule has 0 spiro atoms. The first-order chi connectivity index (χ1) is 10.3. The maximum atomic E-state index is 5.03. The number of nitrogens with one attached hydrogen (secondary N) is 2. The van der Waals surface area contributed by atoms with Crippen LogP contribution in [0.1, 0.15) is 39.0 Å². The second-order valence-electron chi connectivity index (χ2n) is 6.03. The van der Waals surface area contributed by atoms with Crippen LogP contribution in [0.25, 0.3) is 0 Å². The minimum absolute atomic E-state index is 0. The Morgan fingerprint density at radius 2 is 1.95 bits per heavy atom. The smallest absolute Gasteiger partial charge is 0.190 e. The molecule has 1 heterocycles. The highest BCUT2D eigenvalue weighted by molar-refractivity contribution is 14.0. The standard InChI is InChI=1S/C16H34N4O.HI/c1-15-8-6-12-20(14-15)11-5-4-9-18-16(17-2)19-10-7-13-21-3;/h15H,4-14H2,1-3H3,(H2,17,18,19);1H.